The van der Waals surface area contributed by atoms with E-state index in [1.807, 2.05) is 12.1 Å². The Morgan fingerprint density at radius 2 is 0.645 bits per heavy atom. The van der Waals surface area contributed by atoms with Crippen molar-refractivity contribution in [2.45, 2.75) is 61.6 Å². The fourth-order valence-corrected chi connectivity index (χ4v) is 12.0. The molecule has 76 heavy (non-hydrogen) atoms. The molecule has 0 N–H and O–H groups in total. The lowest BCUT2D eigenvalue weighted by Gasteiger charge is -2.21. The Balaban J connectivity index is 1.23. The van der Waals surface area contributed by atoms with Gasteiger partial charge in [-0.15, -0.1) is 0 Å². The summed E-state index contributed by atoms with van der Waals surface area (Å²) in [5.41, 5.74) is 21.3. The first kappa shape index (κ1) is 48.0. The monoisotopic (exact) mass is 993 g/mol. The van der Waals surface area contributed by atoms with Crippen LogP contribution >= 0.6 is 0 Å². The van der Waals surface area contributed by atoms with Crippen molar-refractivity contribution in [1.82, 2.24) is 9.13 Å². The van der Waals surface area contributed by atoms with E-state index in [-0.39, 0.29) is 5.56 Å². The Morgan fingerprint density at radius 1 is 0.329 bits per heavy atom. The van der Waals surface area contributed by atoms with Crippen LogP contribution in [0.4, 0.5) is 18.9 Å². The van der Waals surface area contributed by atoms with E-state index in [0.29, 0.717) is 22.6 Å². The van der Waals surface area contributed by atoms with Crippen molar-refractivity contribution in [3.05, 3.63) is 243 Å². The van der Waals surface area contributed by atoms with Crippen molar-refractivity contribution in [2.24, 2.45) is 0 Å². The number of aromatic nitrogens is 2. The molecule has 0 bridgehead atoms. The van der Waals surface area contributed by atoms with Gasteiger partial charge >= 0.3 is 6.18 Å². The highest BCUT2D eigenvalue weighted by molar-refractivity contribution is 6.14. The van der Waals surface area contributed by atoms with E-state index in [4.69, 9.17) is 6.57 Å². The highest BCUT2D eigenvalue weighted by atomic mass is 19.4. The maximum atomic E-state index is 15.7. The van der Waals surface area contributed by atoms with E-state index >= 15 is 13.2 Å². The van der Waals surface area contributed by atoms with Crippen LogP contribution in [0.1, 0.15) is 50.1 Å². The van der Waals surface area contributed by atoms with Gasteiger partial charge in [-0.25, -0.2) is 4.85 Å². The average molecular weight is 994 g/mol. The molecule has 0 radical (unpaired) electrons. The summed E-state index contributed by atoms with van der Waals surface area (Å²) in [6, 6.07) is 61.2. The molecule has 0 unspecified atom stereocenters. The van der Waals surface area contributed by atoms with Crippen LogP contribution in [-0.2, 0) is 6.18 Å². The molecule has 0 saturated carbocycles. The maximum Gasteiger partial charge on any atom is 0.417 e. The molecule has 0 amide bonds. The Hall–Kier alpha value is -8.92. The van der Waals surface area contributed by atoms with Gasteiger partial charge in [-0.05, 0) is 148 Å². The summed E-state index contributed by atoms with van der Waals surface area (Å²) in [6.07, 6.45) is -4.70. The standard InChI is InChI=1S/C70H54F3N3/c1-40-22-41(2)27-52(26-40)48-14-18-57-58-19-15-49(53-28-42(3)23-43(4)29-53)35-65(58)75(64(57)34-48)68-39-63(74-9)69(38-61(68)56-12-10-11-13-62(56)70(71,72)73)76-66-36-50(54-30-44(5)24-45(6)31-54)16-20-59(66)60-21-17-51(37-67(60)76)55-32-46(7)25-47(8)33-55/h10-39H,1-8H3. The minimum Gasteiger partial charge on any atom is -0.319 e. The Bertz CT molecular complexity index is 4140. The summed E-state index contributed by atoms with van der Waals surface area (Å²) in [6.45, 7) is 25.8. The number of halogens is 3. The zero-order chi connectivity index (χ0) is 52.9. The molecule has 3 nitrogen and oxygen atoms in total. The van der Waals surface area contributed by atoms with Crippen LogP contribution in [0.2, 0.25) is 0 Å². The fraction of sp³-hybridized carbons (Fsp3) is 0.129. The van der Waals surface area contributed by atoms with E-state index in [0.717, 1.165) is 139 Å². The van der Waals surface area contributed by atoms with Gasteiger partial charge in [-0.3, -0.25) is 0 Å². The van der Waals surface area contributed by atoms with Crippen molar-refractivity contribution in [3.8, 4) is 67.0 Å². The predicted octanol–water partition coefficient (Wildman–Crippen LogP) is 20.3. The fourth-order valence-electron chi connectivity index (χ4n) is 12.0. The number of benzene rings is 10. The quantitative estimate of drug-likeness (QED) is 0.141. The smallest absolute Gasteiger partial charge is 0.319 e. The van der Waals surface area contributed by atoms with Crippen LogP contribution in [0.5, 0.6) is 0 Å². The summed E-state index contributed by atoms with van der Waals surface area (Å²) in [5.74, 6) is 0. The zero-order valence-corrected chi connectivity index (χ0v) is 43.8. The summed E-state index contributed by atoms with van der Waals surface area (Å²) >= 11 is 0. The van der Waals surface area contributed by atoms with E-state index in [1.165, 1.54) is 6.07 Å². The summed E-state index contributed by atoms with van der Waals surface area (Å²) < 4.78 is 51.4. The van der Waals surface area contributed by atoms with Crippen LogP contribution in [0.15, 0.2) is 182 Å². The minimum atomic E-state index is -4.70. The highest BCUT2D eigenvalue weighted by Crippen LogP contribution is 2.48. The van der Waals surface area contributed by atoms with Gasteiger partial charge in [0.25, 0.3) is 0 Å². The van der Waals surface area contributed by atoms with Crippen LogP contribution in [0.25, 0.3) is 115 Å². The first-order valence-electron chi connectivity index (χ1n) is 25.7. The average Bonchev–Trinajstić information content (AvgIpc) is 3.98. The summed E-state index contributed by atoms with van der Waals surface area (Å²) in [7, 11) is 0. The summed E-state index contributed by atoms with van der Waals surface area (Å²) in [4.78, 5) is 4.35. The third kappa shape index (κ3) is 8.43. The molecule has 0 aliphatic carbocycles. The number of hydrogen-bond acceptors (Lipinski definition) is 0. The van der Waals surface area contributed by atoms with Crippen LogP contribution in [0, 0.1) is 62.0 Å². The largest absolute Gasteiger partial charge is 0.417 e. The molecule has 2 aromatic heterocycles. The van der Waals surface area contributed by atoms with Crippen molar-refractivity contribution in [3.63, 3.8) is 0 Å². The van der Waals surface area contributed by atoms with Gasteiger partial charge in [0.2, 0.25) is 5.69 Å². The van der Waals surface area contributed by atoms with E-state index in [2.05, 4.69) is 215 Å². The van der Waals surface area contributed by atoms with Gasteiger partial charge in [0.1, 0.15) is 0 Å². The van der Waals surface area contributed by atoms with Crippen LogP contribution < -0.4 is 0 Å². The lowest BCUT2D eigenvalue weighted by molar-refractivity contribution is -0.137. The molecule has 0 saturated heterocycles. The molecule has 0 fully saturated rings. The van der Waals surface area contributed by atoms with Crippen molar-refractivity contribution in [2.75, 3.05) is 0 Å². The van der Waals surface area contributed by atoms with Crippen LogP contribution in [0.3, 0.4) is 0 Å². The number of aryl methyl sites for hydroxylation is 8. The van der Waals surface area contributed by atoms with Gasteiger partial charge in [0.05, 0.1) is 39.9 Å². The van der Waals surface area contributed by atoms with Gasteiger partial charge in [0.15, 0.2) is 0 Å². The first-order valence-corrected chi connectivity index (χ1v) is 25.7. The Kier molecular flexibility index (Phi) is 11.5. The van der Waals surface area contributed by atoms with Crippen molar-refractivity contribution >= 4 is 49.3 Å². The number of nitrogens with zero attached hydrogens (tertiary/aromatic N) is 3. The SMILES string of the molecule is [C-]#[N+]c1cc(-n2c3cc(-c4cc(C)cc(C)c4)ccc3c3ccc(-c4cc(C)cc(C)c4)cc32)c(-c2ccccc2C(F)(F)F)cc1-n1c2cc(-c3cc(C)cc(C)c3)ccc2c2ccc(-c3cc(C)cc(C)c3)cc21. The highest BCUT2D eigenvalue weighted by Gasteiger charge is 2.35. The lowest BCUT2D eigenvalue weighted by Crippen LogP contribution is -2.09. The Morgan fingerprint density at radius 3 is 0.961 bits per heavy atom. The van der Waals surface area contributed by atoms with Crippen molar-refractivity contribution in [1.29, 1.82) is 0 Å². The second kappa shape index (κ2) is 18.2. The molecule has 2 heterocycles. The zero-order valence-electron chi connectivity index (χ0n) is 43.8. The normalized spacial score (nSPS) is 11.9. The number of fused-ring (bicyclic) bond motifs is 6. The molecule has 0 spiro atoms. The first-order chi connectivity index (χ1) is 36.5. The second-order valence-electron chi connectivity index (χ2n) is 21.1. The van der Waals surface area contributed by atoms with E-state index in [9.17, 15) is 0 Å². The van der Waals surface area contributed by atoms with E-state index in [1.54, 1.807) is 12.1 Å². The molecule has 10 aromatic carbocycles. The minimum absolute atomic E-state index is 0.0151. The number of alkyl halides is 3. The maximum absolute atomic E-state index is 15.7. The molecular formula is C70H54F3N3. The third-order valence-corrected chi connectivity index (χ3v) is 15.0. The van der Waals surface area contributed by atoms with Gasteiger partial charge < -0.3 is 9.13 Å². The number of rotatable bonds is 7. The summed E-state index contributed by atoms with van der Waals surface area (Å²) in [5, 5.41) is 3.82. The molecule has 0 atom stereocenters. The third-order valence-electron chi connectivity index (χ3n) is 15.0. The van der Waals surface area contributed by atoms with Gasteiger partial charge in [-0.1, -0.05) is 184 Å². The molecule has 370 valence electrons. The molecule has 6 heteroatoms. The van der Waals surface area contributed by atoms with E-state index < -0.39 is 11.7 Å². The molecule has 12 aromatic rings. The van der Waals surface area contributed by atoms with Crippen LogP contribution in [-0.4, -0.2) is 9.13 Å². The van der Waals surface area contributed by atoms with Gasteiger partial charge in [-0.2, -0.15) is 13.2 Å². The second-order valence-corrected chi connectivity index (χ2v) is 21.1. The molecule has 0 aliphatic heterocycles. The Labute approximate surface area is 441 Å². The van der Waals surface area contributed by atoms with Crippen molar-refractivity contribution < 1.29 is 13.2 Å². The van der Waals surface area contributed by atoms with Gasteiger partial charge in [0, 0.05) is 32.8 Å². The topological polar surface area (TPSA) is 14.2 Å². The molecule has 12 rings (SSSR count). The number of hydrogen-bond donors (Lipinski definition) is 0. The molecule has 0 aliphatic rings. The lowest BCUT2D eigenvalue weighted by atomic mass is 9.95. The predicted molar refractivity (Wildman–Crippen MR) is 311 cm³/mol. The molecular weight excluding hydrogens is 940 g/mol.